The summed E-state index contributed by atoms with van der Waals surface area (Å²) in [5.74, 6) is 0.195. The molecule has 1 heterocycles. The van der Waals surface area contributed by atoms with Crippen molar-refractivity contribution in [3.63, 3.8) is 0 Å². The highest BCUT2D eigenvalue weighted by molar-refractivity contribution is 7.80. The highest BCUT2D eigenvalue weighted by atomic mass is 32.1. The van der Waals surface area contributed by atoms with Crippen molar-refractivity contribution in [3.05, 3.63) is 59.7 Å². The van der Waals surface area contributed by atoms with Crippen LogP contribution in [0.15, 0.2) is 48.5 Å². The van der Waals surface area contributed by atoms with E-state index < -0.39 is 0 Å². The number of amides is 1. The summed E-state index contributed by atoms with van der Waals surface area (Å²) in [5.41, 5.74) is 4.17. The number of carbonyl (C=O) groups is 1. The zero-order valence-electron chi connectivity index (χ0n) is 15.3. The van der Waals surface area contributed by atoms with Crippen LogP contribution >= 0.6 is 12.2 Å². The monoisotopic (exact) mass is 367 g/mol. The van der Waals surface area contributed by atoms with Crippen LogP contribution in [0.4, 0.5) is 11.4 Å². The first kappa shape index (κ1) is 18.4. The molecule has 2 aromatic rings. The summed E-state index contributed by atoms with van der Waals surface area (Å²) in [4.78, 5) is 13.9. The van der Waals surface area contributed by atoms with Crippen molar-refractivity contribution in [3.8, 4) is 0 Å². The topological polar surface area (TPSA) is 44.4 Å². The molecule has 1 amide bonds. The molecule has 1 aliphatic rings. The first-order valence-electron chi connectivity index (χ1n) is 9.12. The molecular formula is C21H25N3OS. The molecule has 0 spiro atoms. The number of nitrogens with one attached hydrogen (secondary N) is 2. The normalized spacial score (nSPS) is 15.0. The third-order valence-corrected chi connectivity index (χ3v) is 4.97. The van der Waals surface area contributed by atoms with E-state index in [0.717, 1.165) is 36.3 Å². The van der Waals surface area contributed by atoms with E-state index in [1.54, 1.807) is 0 Å². The molecule has 0 saturated carbocycles. The maximum Gasteiger partial charge on any atom is 0.227 e. The van der Waals surface area contributed by atoms with Crippen LogP contribution in [0, 0.1) is 6.92 Å². The summed E-state index contributed by atoms with van der Waals surface area (Å²) in [5, 5.41) is 7.23. The molecule has 0 bridgehead atoms. The highest BCUT2D eigenvalue weighted by Crippen LogP contribution is 2.28. The Kier molecular flexibility index (Phi) is 5.89. The minimum atomic E-state index is 0.168. The number of benzene rings is 2. The second kappa shape index (κ2) is 8.32. The molecule has 0 aliphatic carbocycles. The summed E-state index contributed by atoms with van der Waals surface area (Å²) in [6.45, 7) is 4.96. The van der Waals surface area contributed by atoms with Crippen molar-refractivity contribution in [2.75, 3.05) is 16.8 Å². The van der Waals surface area contributed by atoms with Gasteiger partial charge >= 0.3 is 0 Å². The van der Waals surface area contributed by atoms with Crippen LogP contribution in [0.3, 0.4) is 0 Å². The number of thiocarbonyl (C=S) groups is 1. The average molecular weight is 368 g/mol. The predicted octanol–water partition coefficient (Wildman–Crippen LogP) is 4.56. The Morgan fingerprint density at radius 1 is 1.23 bits per heavy atom. The maximum absolute atomic E-state index is 12.1. The Morgan fingerprint density at radius 3 is 2.65 bits per heavy atom. The van der Waals surface area contributed by atoms with Gasteiger partial charge in [-0.05, 0) is 55.2 Å². The molecule has 1 atom stereocenters. The first-order valence-corrected chi connectivity index (χ1v) is 9.52. The molecular weight excluding hydrogens is 342 g/mol. The molecule has 1 saturated heterocycles. The number of nitrogens with zero attached hydrogens (tertiary/aromatic N) is 1. The summed E-state index contributed by atoms with van der Waals surface area (Å²) >= 11 is 5.51. The van der Waals surface area contributed by atoms with Crippen LogP contribution in [0.5, 0.6) is 0 Å². The van der Waals surface area contributed by atoms with Gasteiger partial charge in [0.2, 0.25) is 5.91 Å². The summed E-state index contributed by atoms with van der Waals surface area (Å²) < 4.78 is 0. The van der Waals surface area contributed by atoms with Crippen LogP contribution < -0.4 is 15.5 Å². The SMILES string of the molecule is CC[C@@H](NC(=S)Nc1ccc(C)c(N2CCCC2=O)c1)c1ccccc1. The number of aryl methyl sites for hydroxylation is 1. The average Bonchev–Trinajstić information content (AvgIpc) is 3.08. The van der Waals surface area contributed by atoms with Gasteiger partial charge in [0.25, 0.3) is 0 Å². The summed E-state index contributed by atoms with van der Waals surface area (Å²) in [7, 11) is 0. The lowest BCUT2D eigenvalue weighted by atomic mass is 10.1. The molecule has 1 fully saturated rings. The van der Waals surface area contributed by atoms with Crippen LogP contribution in [0.1, 0.15) is 43.4 Å². The minimum absolute atomic E-state index is 0.168. The van der Waals surface area contributed by atoms with Gasteiger partial charge in [0.05, 0.1) is 6.04 Å². The fourth-order valence-corrected chi connectivity index (χ4v) is 3.57. The molecule has 5 heteroatoms. The van der Waals surface area contributed by atoms with Crippen molar-refractivity contribution in [1.29, 1.82) is 0 Å². The van der Waals surface area contributed by atoms with E-state index in [0.29, 0.717) is 11.5 Å². The van der Waals surface area contributed by atoms with Crippen molar-refractivity contribution in [1.82, 2.24) is 5.32 Å². The van der Waals surface area contributed by atoms with E-state index in [4.69, 9.17) is 12.2 Å². The Hall–Kier alpha value is -2.40. The van der Waals surface area contributed by atoms with E-state index in [1.807, 2.05) is 48.2 Å². The summed E-state index contributed by atoms with van der Waals surface area (Å²) in [6, 6.07) is 16.5. The smallest absolute Gasteiger partial charge is 0.227 e. The third-order valence-electron chi connectivity index (χ3n) is 4.75. The largest absolute Gasteiger partial charge is 0.356 e. The van der Waals surface area contributed by atoms with Gasteiger partial charge in [-0.2, -0.15) is 0 Å². The number of hydrogen-bond acceptors (Lipinski definition) is 2. The van der Waals surface area contributed by atoms with Crippen molar-refractivity contribution in [2.24, 2.45) is 0 Å². The zero-order valence-corrected chi connectivity index (χ0v) is 16.1. The summed E-state index contributed by atoms with van der Waals surface area (Å²) in [6.07, 6.45) is 2.49. The van der Waals surface area contributed by atoms with Crippen LogP contribution in [-0.4, -0.2) is 17.6 Å². The second-order valence-corrected chi connectivity index (χ2v) is 7.03. The van der Waals surface area contributed by atoms with E-state index in [1.165, 1.54) is 5.56 Å². The predicted molar refractivity (Wildman–Crippen MR) is 112 cm³/mol. The Bertz CT molecular complexity index is 791. The number of carbonyl (C=O) groups excluding carboxylic acids is 1. The highest BCUT2D eigenvalue weighted by Gasteiger charge is 2.23. The van der Waals surface area contributed by atoms with Gasteiger partial charge in [-0.3, -0.25) is 4.79 Å². The van der Waals surface area contributed by atoms with Gasteiger partial charge in [0.1, 0.15) is 0 Å². The van der Waals surface area contributed by atoms with Gasteiger partial charge < -0.3 is 15.5 Å². The van der Waals surface area contributed by atoms with Crippen LogP contribution in [-0.2, 0) is 4.79 Å². The zero-order chi connectivity index (χ0) is 18.5. The minimum Gasteiger partial charge on any atom is -0.356 e. The van der Waals surface area contributed by atoms with Gasteiger partial charge in [0, 0.05) is 24.3 Å². The van der Waals surface area contributed by atoms with Crippen molar-refractivity contribution in [2.45, 2.75) is 39.2 Å². The Labute approximate surface area is 160 Å². The van der Waals surface area contributed by atoms with Gasteiger partial charge in [-0.1, -0.05) is 43.3 Å². The lowest BCUT2D eigenvalue weighted by Crippen LogP contribution is -2.32. The molecule has 0 unspecified atom stereocenters. The fraction of sp³-hybridized carbons (Fsp3) is 0.333. The quantitative estimate of drug-likeness (QED) is 0.761. The lowest BCUT2D eigenvalue weighted by Gasteiger charge is -2.22. The molecule has 26 heavy (non-hydrogen) atoms. The van der Waals surface area contributed by atoms with E-state index >= 15 is 0 Å². The van der Waals surface area contributed by atoms with E-state index in [2.05, 4.69) is 29.7 Å². The maximum atomic E-state index is 12.1. The van der Waals surface area contributed by atoms with Crippen molar-refractivity contribution < 1.29 is 4.79 Å². The fourth-order valence-electron chi connectivity index (χ4n) is 3.31. The lowest BCUT2D eigenvalue weighted by molar-refractivity contribution is -0.117. The van der Waals surface area contributed by atoms with Gasteiger partial charge in [-0.15, -0.1) is 0 Å². The molecule has 136 valence electrons. The number of rotatable bonds is 5. The molecule has 0 aromatic heterocycles. The van der Waals surface area contributed by atoms with Crippen LogP contribution in [0.2, 0.25) is 0 Å². The second-order valence-electron chi connectivity index (χ2n) is 6.62. The molecule has 0 radical (unpaired) electrons. The van der Waals surface area contributed by atoms with Crippen LogP contribution in [0.25, 0.3) is 0 Å². The molecule has 1 aliphatic heterocycles. The standard InChI is InChI=1S/C21H25N3OS/c1-3-18(16-8-5-4-6-9-16)23-21(26)22-17-12-11-15(2)19(14-17)24-13-7-10-20(24)25/h4-6,8-9,11-12,14,18H,3,7,10,13H2,1-2H3,(H2,22,23,26)/t18-/m1/s1. The van der Waals surface area contributed by atoms with Gasteiger partial charge in [-0.25, -0.2) is 0 Å². The molecule has 2 aromatic carbocycles. The van der Waals surface area contributed by atoms with Crippen molar-refractivity contribution >= 4 is 34.6 Å². The van der Waals surface area contributed by atoms with Gasteiger partial charge in [0.15, 0.2) is 5.11 Å². The van der Waals surface area contributed by atoms with E-state index in [9.17, 15) is 4.79 Å². The Balaban J connectivity index is 1.70. The number of hydrogen-bond donors (Lipinski definition) is 2. The first-order chi connectivity index (χ1) is 12.6. The third kappa shape index (κ3) is 4.22. The molecule has 4 nitrogen and oxygen atoms in total. The van der Waals surface area contributed by atoms with E-state index in [-0.39, 0.29) is 11.9 Å². The Morgan fingerprint density at radius 2 is 2.00 bits per heavy atom. The molecule has 3 rings (SSSR count). The molecule has 2 N–H and O–H groups in total. The number of anilines is 2.